The number of likely N-dealkylation sites (tertiary alicyclic amines) is 1. The lowest BCUT2D eigenvalue weighted by molar-refractivity contribution is 0.0989. The number of carbonyl (C=O) groups is 1. The number of piperidine rings is 1. The minimum Gasteiger partial charge on any atom is -0.434 e. The molecule has 0 aromatic carbocycles. The number of nitriles is 1. The summed E-state index contributed by atoms with van der Waals surface area (Å²) in [6, 6.07) is 1.78. The molecule has 0 N–H and O–H groups in total. The zero-order valence-electron chi connectivity index (χ0n) is 7.82. The van der Waals surface area contributed by atoms with Gasteiger partial charge in [0, 0.05) is 13.1 Å². The third kappa shape index (κ3) is 2.94. The van der Waals surface area contributed by atoms with Gasteiger partial charge >= 0.3 is 6.09 Å². The Morgan fingerprint density at radius 3 is 2.77 bits per heavy atom. The molecule has 1 saturated heterocycles. The van der Waals surface area contributed by atoms with E-state index in [1.807, 2.05) is 0 Å². The second-order valence-corrected chi connectivity index (χ2v) is 3.38. The van der Waals surface area contributed by atoms with Crippen LogP contribution in [0.4, 0.5) is 4.79 Å². The van der Waals surface area contributed by atoms with Crippen LogP contribution in [-0.2, 0) is 4.74 Å². The molecule has 0 unspecified atom stereocenters. The van der Waals surface area contributed by atoms with Gasteiger partial charge in [0.05, 0.1) is 0 Å². The lowest BCUT2D eigenvalue weighted by atomic mass is 10.00. The van der Waals surface area contributed by atoms with Gasteiger partial charge < -0.3 is 9.64 Å². The first kappa shape index (κ1) is 9.85. The molecule has 1 amide bonds. The van der Waals surface area contributed by atoms with E-state index in [-0.39, 0.29) is 12.7 Å². The van der Waals surface area contributed by atoms with Crippen molar-refractivity contribution < 1.29 is 9.53 Å². The molecule has 0 atom stereocenters. The molecule has 0 aliphatic carbocycles. The molecular formula is C9H14N2O2. The van der Waals surface area contributed by atoms with E-state index >= 15 is 0 Å². The maximum Gasteiger partial charge on any atom is 0.410 e. The van der Waals surface area contributed by atoms with E-state index in [0.717, 1.165) is 25.9 Å². The average Bonchev–Trinajstić information content (AvgIpc) is 2.15. The van der Waals surface area contributed by atoms with Crippen LogP contribution < -0.4 is 0 Å². The topological polar surface area (TPSA) is 53.3 Å². The van der Waals surface area contributed by atoms with Crippen molar-refractivity contribution in [2.45, 2.75) is 19.8 Å². The van der Waals surface area contributed by atoms with Crippen molar-refractivity contribution >= 4 is 6.09 Å². The van der Waals surface area contributed by atoms with Crippen molar-refractivity contribution in [1.82, 2.24) is 4.90 Å². The maximum absolute atomic E-state index is 11.2. The van der Waals surface area contributed by atoms with E-state index < -0.39 is 0 Å². The van der Waals surface area contributed by atoms with Crippen LogP contribution in [0.25, 0.3) is 0 Å². The molecule has 1 fully saturated rings. The minimum atomic E-state index is -0.353. The van der Waals surface area contributed by atoms with Crippen LogP contribution in [0.3, 0.4) is 0 Å². The summed E-state index contributed by atoms with van der Waals surface area (Å²) in [7, 11) is 0. The van der Waals surface area contributed by atoms with Gasteiger partial charge in [0.25, 0.3) is 0 Å². The predicted octanol–water partition coefficient (Wildman–Crippen LogP) is 1.38. The van der Waals surface area contributed by atoms with Crippen molar-refractivity contribution in [1.29, 1.82) is 5.26 Å². The first-order valence-corrected chi connectivity index (χ1v) is 4.52. The van der Waals surface area contributed by atoms with Gasteiger partial charge in [-0.2, -0.15) is 5.26 Å². The Kier molecular flexibility index (Phi) is 3.56. The van der Waals surface area contributed by atoms with Crippen LogP contribution in [0.15, 0.2) is 0 Å². The second kappa shape index (κ2) is 4.70. The number of carbonyl (C=O) groups excluding carboxylic acids is 1. The number of rotatable bonds is 1. The van der Waals surface area contributed by atoms with Crippen molar-refractivity contribution in [3.8, 4) is 6.07 Å². The zero-order valence-corrected chi connectivity index (χ0v) is 7.82. The number of hydrogen-bond acceptors (Lipinski definition) is 3. The molecule has 1 aliphatic rings. The minimum absolute atomic E-state index is 0.148. The Labute approximate surface area is 78.1 Å². The fourth-order valence-electron chi connectivity index (χ4n) is 1.38. The molecule has 4 heteroatoms. The number of nitrogens with zero attached hydrogens (tertiary/aromatic N) is 2. The Balaban J connectivity index is 2.28. The lowest BCUT2D eigenvalue weighted by Gasteiger charge is -2.28. The smallest absolute Gasteiger partial charge is 0.410 e. The summed E-state index contributed by atoms with van der Waals surface area (Å²) < 4.78 is 4.69. The summed E-state index contributed by atoms with van der Waals surface area (Å²) >= 11 is 0. The first-order chi connectivity index (χ1) is 6.24. The number of amides is 1. The van der Waals surface area contributed by atoms with Crippen molar-refractivity contribution in [2.75, 3.05) is 19.7 Å². The predicted molar refractivity (Wildman–Crippen MR) is 46.9 cm³/mol. The van der Waals surface area contributed by atoms with Crippen LogP contribution in [0, 0.1) is 17.2 Å². The molecule has 0 aromatic heterocycles. The van der Waals surface area contributed by atoms with Crippen LogP contribution >= 0.6 is 0 Å². The summed E-state index contributed by atoms with van der Waals surface area (Å²) in [6.45, 7) is 3.54. The van der Waals surface area contributed by atoms with Gasteiger partial charge in [0.1, 0.15) is 6.07 Å². The standard InChI is InChI=1S/C9H14N2O2/c1-8-2-5-11(6-3-8)9(12)13-7-4-10/h8H,2-3,5-7H2,1H3. The molecule has 72 valence electrons. The van der Waals surface area contributed by atoms with Crippen molar-refractivity contribution in [3.05, 3.63) is 0 Å². The van der Waals surface area contributed by atoms with Crippen molar-refractivity contribution in [2.24, 2.45) is 5.92 Å². The van der Waals surface area contributed by atoms with Gasteiger partial charge in [-0.25, -0.2) is 4.79 Å². The molecule has 0 radical (unpaired) electrons. The summed E-state index contributed by atoms with van der Waals surface area (Å²) in [6.07, 6.45) is 1.71. The Bertz CT molecular complexity index is 214. The summed E-state index contributed by atoms with van der Waals surface area (Å²) in [5.41, 5.74) is 0. The molecule has 4 nitrogen and oxygen atoms in total. The van der Waals surface area contributed by atoms with Gasteiger partial charge in [0.15, 0.2) is 6.61 Å². The number of hydrogen-bond donors (Lipinski definition) is 0. The highest BCUT2D eigenvalue weighted by Gasteiger charge is 2.20. The lowest BCUT2D eigenvalue weighted by Crippen LogP contribution is -2.38. The Morgan fingerprint density at radius 1 is 1.62 bits per heavy atom. The molecule has 0 aromatic rings. The van der Waals surface area contributed by atoms with E-state index in [0.29, 0.717) is 5.92 Å². The largest absolute Gasteiger partial charge is 0.434 e. The van der Waals surface area contributed by atoms with E-state index in [2.05, 4.69) is 6.92 Å². The van der Waals surface area contributed by atoms with Gasteiger partial charge in [-0.1, -0.05) is 6.92 Å². The van der Waals surface area contributed by atoms with Crippen LogP contribution in [0.1, 0.15) is 19.8 Å². The third-order valence-corrected chi connectivity index (χ3v) is 2.30. The normalized spacial score (nSPS) is 18.0. The van der Waals surface area contributed by atoms with Crippen LogP contribution in [0.5, 0.6) is 0 Å². The van der Waals surface area contributed by atoms with Gasteiger partial charge in [-0.3, -0.25) is 0 Å². The van der Waals surface area contributed by atoms with Gasteiger partial charge in [-0.15, -0.1) is 0 Å². The highest BCUT2D eigenvalue weighted by molar-refractivity contribution is 5.67. The van der Waals surface area contributed by atoms with Crippen LogP contribution in [-0.4, -0.2) is 30.7 Å². The summed E-state index contributed by atoms with van der Waals surface area (Å²) in [4.78, 5) is 12.9. The molecule has 1 heterocycles. The van der Waals surface area contributed by atoms with Gasteiger partial charge in [0.2, 0.25) is 0 Å². The molecule has 0 saturated carbocycles. The second-order valence-electron chi connectivity index (χ2n) is 3.38. The van der Waals surface area contributed by atoms with E-state index in [1.54, 1.807) is 11.0 Å². The molecule has 0 bridgehead atoms. The fraction of sp³-hybridized carbons (Fsp3) is 0.778. The quantitative estimate of drug-likeness (QED) is 0.615. The van der Waals surface area contributed by atoms with Crippen LogP contribution in [0.2, 0.25) is 0 Å². The summed E-state index contributed by atoms with van der Waals surface area (Å²) in [5, 5.41) is 8.21. The molecule has 0 spiro atoms. The Morgan fingerprint density at radius 2 is 2.23 bits per heavy atom. The molecule has 13 heavy (non-hydrogen) atoms. The first-order valence-electron chi connectivity index (χ1n) is 4.52. The zero-order chi connectivity index (χ0) is 9.68. The maximum atomic E-state index is 11.2. The SMILES string of the molecule is CC1CCN(C(=O)OCC#N)CC1. The summed E-state index contributed by atoms with van der Waals surface area (Å²) in [5.74, 6) is 0.694. The molecular weight excluding hydrogens is 168 g/mol. The molecule has 1 rings (SSSR count). The van der Waals surface area contributed by atoms with Gasteiger partial charge in [-0.05, 0) is 18.8 Å². The average molecular weight is 182 g/mol. The van der Waals surface area contributed by atoms with E-state index in [9.17, 15) is 4.79 Å². The highest BCUT2D eigenvalue weighted by atomic mass is 16.6. The molecule has 1 aliphatic heterocycles. The highest BCUT2D eigenvalue weighted by Crippen LogP contribution is 2.16. The van der Waals surface area contributed by atoms with Crippen molar-refractivity contribution in [3.63, 3.8) is 0 Å². The number of ether oxygens (including phenoxy) is 1. The third-order valence-electron chi connectivity index (χ3n) is 2.30. The van der Waals surface area contributed by atoms with E-state index in [4.69, 9.17) is 10.00 Å². The Hall–Kier alpha value is -1.24. The fourth-order valence-corrected chi connectivity index (χ4v) is 1.38. The monoisotopic (exact) mass is 182 g/mol. The van der Waals surface area contributed by atoms with E-state index in [1.165, 1.54) is 0 Å².